The molecule has 0 aromatic heterocycles. The maximum absolute atomic E-state index is 13.9. The minimum absolute atomic E-state index is 0.249. The molecular weight excluding hydrogens is 324 g/mol. The van der Waals surface area contributed by atoms with Gasteiger partial charge >= 0.3 is 6.18 Å². The zero-order valence-corrected chi connectivity index (χ0v) is 13.4. The first-order chi connectivity index (χ1) is 11.3. The number of allylic oxidation sites excluding steroid dienone is 1. The Kier molecular flexibility index (Phi) is 5.99. The third-order valence-corrected chi connectivity index (χ3v) is 3.94. The molecule has 1 aromatic rings. The Balaban J connectivity index is 2.37. The van der Waals surface area contributed by atoms with E-state index in [2.05, 4.69) is 10.6 Å². The summed E-state index contributed by atoms with van der Waals surface area (Å²) in [4.78, 5) is 12.0. The van der Waals surface area contributed by atoms with Crippen molar-refractivity contribution in [2.75, 3.05) is 13.1 Å². The summed E-state index contributed by atoms with van der Waals surface area (Å²) in [5, 5.41) is 5.87. The van der Waals surface area contributed by atoms with Gasteiger partial charge in [-0.1, -0.05) is 6.07 Å². The molecule has 0 atom stereocenters. The largest absolute Gasteiger partial charge is 0.419 e. The number of carbonyl (C=O) groups is 1. The lowest BCUT2D eigenvalue weighted by Gasteiger charge is -2.16. The molecule has 132 valence electrons. The SMILES string of the molecule is C/C1=C(\c2ccc(C(F)(F)F)c(F)c2)NC(=O)CCNCCCC1. The highest BCUT2D eigenvalue weighted by Crippen LogP contribution is 2.33. The smallest absolute Gasteiger partial charge is 0.326 e. The Hall–Kier alpha value is -1.89. The monoisotopic (exact) mass is 344 g/mol. The number of nitrogens with one attached hydrogen (secondary N) is 2. The van der Waals surface area contributed by atoms with Gasteiger partial charge in [-0.25, -0.2) is 4.39 Å². The van der Waals surface area contributed by atoms with Gasteiger partial charge in [-0.2, -0.15) is 13.2 Å². The van der Waals surface area contributed by atoms with Crippen LogP contribution < -0.4 is 10.6 Å². The molecule has 0 saturated heterocycles. The second-order valence-electron chi connectivity index (χ2n) is 5.85. The minimum atomic E-state index is -4.74. The highest BCUT2D eigenvalue weighted by molar-refractivity contribution is 5.87. The van der Waals surface area contributed by atoms with Crippen molar-refractivity contribution in [1.82, 2.24) is 10.6 Å². The van der Waals surface area contributed by atoms with Crippen LogP contribution in [0, 0.1) is 5.82 Å². The van der Waals surface area contributed by atoms with E-state index in [9.17, 15) is 22.4 Å². The highest BCUT2D eigenvalue weighted by Gasteiger charge is 2.34. The van der Waals surface area contributed by atoms with E-state index in [-0.39, 0.29) is 17.9 Å². The van der Waals surface area contributed by atoms with Crippen molar-refractivity contribution in [2.45, 2.75) is 38.8 Å². The molecule has 7 heteroatoms. The molecule has 0 unspecified atom stereocenters. The van der Waals surface area contributed by atoms with Crippen molar-refractivity contribution >= 4 is 11.6 Å². The Bertz CT molecular complexity index is 638. The van der Waals surface area contributed by atoms with Crippen LogP contribution >= 0.6 is 0 Å². The van der Waals surface area contributed by atoms with Gasteiger partial charge in [0.1, 0.15) is 5.82 Å². The molecule has 0 aliphatic carbocycles. The Labute approximate surface area is 138 Å². The predicted molar refractivity (Wildman–Crippen MR) is 83.5 cm³/mol. The summed E-state index contributed by atoms with van der Waals surface area (Å²) in [6.45, 7) is 3.14. The van der Waals surface area contributed by atoms with Gasteiger partial charge in [0.05, 0.1) is 5.56 Å². The van der Waals surface area contributed by atoms with E-state index < -0.39 is 17.6 Å². The van der Waals surface area contributed by atoms with Crippen molar-refractivity contribution in [3.05, 3.63) is 40.7 Å². The van der Waals surface area contributed by atoms with Gasteiger partial charge in [-0.05, 0) is 50.4 Å². The molecule has 24 heavy (non-hydrogen) atoms. The zero-order valence-electron chi connectivity index (χ0n) is 13.4. The van der Waals surface area contributed by atoms with E-state index in [0.717, 1.165) is 31.0 Å². The standard InChI is InChI=1S/C17H20F4N2O/c1-11-4-2-3-8-22-9-7-15(24)23-16(11)12-5-6-13(14(18)10-12)17(19,20)21/h5-6,10,22H,2-4,7-9H2,1H3,(H,23,24)/b16-11-. The number of carbonyl (C=O) groups excluding carboxylic acids is 1. The molecule has 1 aliphatic rings. The van der Waals surface area contributed by atoms with Crippen molar-refractivity contribution < 1.29 is 22.4 Å². The van der Waals surface area contributed by atoms with Crippen molar-refractivity contribution in [1.29, 1.82) is 0 Å². The van der Waals surface area contributed by atoms with Crippen LogP contribution in [0.5, 0.6) is 0 Å². The fraction of sp³-hybridized carbons (Fsp3) is 0.471. The van der Waals surface area contributed by atoms with Gasteiger partial charge in [0.25, 0.3) is 0 Å². The molecule has 0 fully saturated rings. The number of rotatable bonds is 1. The van der Waals surface area contributed by atoms with Crippen molar-refractivity contribution in [3.8, 4) is 0 Å². The van der Waals surface area contributed by atoms with Crippen LogP contribution in [-0.4, -0.2) is 19.0 Å². The fourth-order valence-corrected chi connectivity index (χ4v) is 2.62. The maximum Gasteiger partial charge on any atom is 0.419 e. The lowest BCUT2D eigenvalue weighted by Crippen LogP contribution is -2.27. The first-order valence-electron chi connectivity index (χ1n) is 7.86. The average molecular weight is 344 g/mol. The lowest BCUT2D eigenvalue weighted by molar-refractivity contribution is -0.140. The van der Waals surface area contributed by atoms with Gasteiger partial charge in [0, 0.05) is 24.2 Å². The van der Waals surface area contributed by atoms with Crippen molar-refractivity contribution in [3.63, 3.8) is 0 Å². The van der Waals surface area contributed by atoms with Gasteiger partial charge in [0.15, 0.2) is 0 Å². The molecule has 1 heterocycles. The summed E-state index contributed by atoms with van der Waals surface area (Å²) in [6, 6.07) is 2.74. The molecule has 1 aromatic carbocycles. The van der Waals surface area contributed by atoms with Crippen LogP contribution in [0.3, 0.4) is 0 Å². The Morgan fingerprint density at radius 1 is 1.08 bits per heavy atom. The molecular formula is C17H20F4N2O. The Morgan fingerprint density at radius 3 is 2.50 bits per heavy atom. The quantitative estimate of drug-likeness (QED) is 0.760. The molecule has 0 saturated carbocycles. The minimum Gasteiger partial charge on any atom is -0.326 e. The van der Waals surface area contributed by atoms with Crippen LogP contribution in [0.15, 0.2) is 23.8 Å². The summed E-state index contributed by atoms with van der Waals surface area (Å²) < 4.78 is 51.9. The van der Waals surface area contributed by atoms with Crippen LogP contribution in [0.4, 0.5) is 17.6 Å². The second-order valence-corrected chi connectivity index (χ2v) is 5.85. The van der Waals surface area contributed by atoms with Crippen LogP contribution in [0.2, 0.25) is 0 Å². The van der Waals surface area contributed by atoms with Crippen LogP contribution in [0.25, 0.3) is 5.70 Å². The predicted octanol–water partition coefficient (Wildman–Crippen LogP) is 3.86. The van der Waals surface area contributed by atoms with Crippen LogP contribution in [-0.2, 0) is 11.0 Å². The lowest BCUT2D eigenvalue weighted by atomic mass is 10.0. The van der Waals surface area contributed by atoms with E-state index in [1.807, 2.05) is 0 Å². The summed E-state index contributed by atoms with van der Waals surface area (Å²) in [7, 11) is 0. The first-order valence-corrected chi connectivity index (χ1v) is 7.86. The summed E-state index contributed by atoms with van der Waals surface area (Å²) >= 11 is 0. The first kappa shape index (κ1) is 18.4. The summed E-state index contributed by atoms with van der Waals surface area (Å²) in [5.74, 6) is -1.59. The summed E-state index contributed by atoms with van der Waals surface area (Å²) in [6.07, 6.45) is -2.00. The van der Waals surface area contributed by atoms with Gasteiger partial charge < -0.3 is 10.6 Å². The maximum atomic E-state index is 13.9. The topological polar surface area (TPSA) is 41.1 Å². The Morgan fingerprint density at radius 2 is 1.83 bits per heavy atom. The molecule has 2 rings (SSSR count). The number of hydrogen-bond acceptors (Lipinski definition) is 2. The van der Waals surface area contributed by atoms with E-state index in [1.165, 1.54) is 6.07 Å². The fourth-order valence-electron chi connectivity index (χ4n) is 2.62. The number of alkyl halides is 3. The van der Waals surface area contributed by atoms with Crippen LogP contribution in [0.1, 0.15) is 43.7 Å². The molecule has 0 bridgehead atoms. The summed E-state index contributed by atoms with van der Waals surface area (Å²) in [5.41, 5.74) is 0.161. The van der Waals surface area contributed by atoms with E-state index in [0.29, 0.717) is 24.7 Å². The van der Waals surface area contributed by atoms with Gasteiger partial charge in [-0.3, -0.25) is 4.79 Å². The molecule has 0 spiro atoms. The molecule has 0 radical (unpaired) electrons. The van der Waals surface area contributed by atoms with Gasteiger partial charge in [-0.15, -0.1) is 0 Å². The van der Waals surface area contributed by atoms with Crippen molar-refractivity contribution in [2.24, 2.45) is 0 Å². The number of amides is 1. The second kappa shape index (κ2) is 7.79. The number of halogens is 4. The number of benzene rings is 1. The molecule has 1 aliphatic heterocycles. The average Bonchev–Trinajstić information content (AvgIpc) is 2.52. The van der Waals surface area contributed by atoms with E-state index in [4.69, 9.17) is 0 Å². The third kappa shape index (κ3) is 4.80. The zero-order chi connectivity index (χ0) is 17.7. The third-order valence-electron chi connectivity index (χ3n) is 3.94. The van der Waals surface area contributed by atoms with E-state index >= 15 is 0 Å². The molecule has 3 nitrogen and oxygen atoms in total. The number of hydrogen-bond donors (Lipinski definition) is 2. The highest BCUT2D eigenvalue weighted by atomic mass is 19.4. The molecule has 1 amide bonds. The normalized spacial score (nSPS) is 21.1. The molecule has 2 N–H and O–H groups in total. The van der Waals surface area contributed by atoms with Gasteiger partial charge in [0.2, 0.25) is 5.91 Å². The van der Waals surface area contributed by atoms with E-state index in [1.54, 1.807) is 6.92 Å².